The van der Waals surface area contributed by atoms with Crippen molar-refractivity contribution < 1.29 is 4.74 Å². The van der Waals surface area contributed by atoms with Crippen molar-refractivity contribution in [2.75, 3.05) is 0 Å². The van der Waals surface area contributed by atoms with Gasteiger partial charge in [-0.15, -0.1) is 13.2 Å². The van der Waals surface area contributed by atoms with Crippen LogP contribution >= 0.6 is 0 Å². The highest BCUT2D eigenvalue weighted by Crippen LogP contribution is 2.28. The molecule has 1 rings (SSSR count). The second-order valence-electron chi connectivity index (χ2n) is 4.36. The summed E-state index contributed by atoms with van der Waals surface area (Å²) >= 11 is 0. The van der Waals surface area contributed by atoms with Gasteiger partial charge in [0, 0.05) is 0 Å². The van der Waals surface area contributed by atoms with Crippen LogP contribution in [0, 0.1) is 0 Å². The van der Waals surface area contributed by atoms with E-state index >= 15 is 0 Å². The van der Waals surface area contributed by atoms with Crippen LogP contribution in [0.3, 0.4) is 0 Å². The lowest BCUT2D eigenvalue weighted by atomic mass is 10.1. The number of hydrogen-bond donors (Lipinski definition) is 0. The van der Waals surface area contributed by atoms with Crippen molar-refractivity contribution in [3.05, 3.63) is 25.3 Å². The molecule has 1 fully saturated rings. The van der Waals surface area contributed by atoms with Gasteiger partial charge in [0.05, 0.1) is 6.10 Å². The molecule has 0 aromatic carbocycles. The summed E-state index contributed by atoms with van der Waals surface area (Å²) in [7, 11) is 0. The number of epoxide rings is 1. The summed E-state index contributed by atoms with van der Waals surface area (Å²) in [6.07, 6.45) is 15.3. The maximum Gasteiger partial charge on any atom is 0.102 e. The topological polar surface area (TPSA) is 12.5 Å². The van der Waals surface area contributed by atoms with Crippen molar-refractivity contribution in [2.45, 2.75) is 63.6 Å². The molecule has 2 atom stereocenters. The van der Waals surface area contributed by atoms with E-state index in [4.69, 9.17) is 4.74 Å². The number of unbranched alkanes of at least 4 members (excludes halogenated alkanes) is 6. The largest absolute Gasteiger partial charge is 0.365 e. The Kier molecular flexibility index (Phi) is 6.42. The Hall–Kier alpha value is -0.560. The number of rotatable bonds is 10. The first-order valence-electron chi connectivity index (χ1n) is 6.27. The molecular formula is C14H24O. The molecule has 86 valence electrons. The van der Waals surface area contributed by atoms with Crippen molar-refractivity contribution in [3.8, 4) is 0 Å². The van der Waals surface area contributed by atoms with E-state index < -0.39 is 0 Å². The third kappa shape index (κ3) is 5.78. The quantitative estimate of drug-likeness (QED) is 0.297. The predicted octanol–water partition coefficient (Wildman–Crippen LogP) is 4.25. The molecule has 0 spiro atoms. The predicted molar refractivity (Wildman–Crippen MR) is 66.0 cm³/mol. The fraction of sp³-hybridized carbons (Fsp3) is 0.714. The Balaban J connectivity index is 1.74. The lowest BCUT2D eigenvalue weighted by molar-refractivity contribution is 0.372. The first-order valence-corrected chi connectivity index (χ1v) is 6.27. The van der Waals surface area contributed by atoms with E-state index in [2.05, 4.69) is 13.2 Å². The van der Waals surface area contributed by atoms with E-state index in [1.165, 1.54) is 51.4 Å². The molecule has 0 N–H and O–H groups in total. The van der Waals surface area contributed by atoms with Gasteiger partial charge in [-0.25, -0.2) is 0 Å². The molecule has 0 aromatic rings. The minimum Gasteiger partial charge on any atom is -0.365 e. The van der Waals surface area contributed by atoms with Gasteiger partial charge in [0.1, 0.15) is 6.10 Å². The van der Waals surface area contributed by atoms with Crippen LogP contribution in [0.2, 0.25) is 0 Å². The number of allylic oxidation sites excluding steroid dienone is 1. The third-order valence-corrected chi connectivity index (χ3v) is 3.00. The van der Waals surface area contributed by atoms with Gasteiger partial charge in [0.15, 0.2) is 0 Å². The van der Waals surface area contributed by atoms with Crippen LogP contribution in [0.1, 0.15) is 51.4 Å². The second kappa shape index (κ2) is 7.70. The minimum atomic E-state index is 0.373. The summed E-state index contributed by atoms with van der Waals surface area (Å²) in [5.41, 5.74) is 0. The van der Waals surface area contributed by atoms with Crippen LogP contribution < -0.4 is 0 Å². The van der Waals surface area contributed by atoms with E-state index in [1.807, 2.05) is 12.2 Å². The van der Waals surface area contributed by atoms with Gasteiger partial charge >= 0.3 is 0 Å². The molecule has 1 saturated heterocycles. The molecule has 1 aliphatic rings. The molecule has 1 heterocycles. The van der Waals surface area contributed by atoms with Crippen molar-refractivity contribution in [3.63, 3.8) is 0 Å². The minimum absolute atomic E-state index is 0.373. The lowest BCUT2D eigenvalue weighted by Crippen LogP contribution is -1.90. The van der Waals surface area contributed by atoms with Crippen LogP contribution in [0.4, 0.5) is 0 Å². The smallest absolute Gasteiger partial charge is 0.102 e. The Bertz CT molecular complexity index is 186. The van der Waals surface area contributed by atoms with Crippen molar-refractivity contribution in [2.24, 2.45) is 0 Å². The molecule has 1 nitrogen and oxygen atoms in total. The molecular weight excluding hydrogens is 184 g/mol. The Morgan fingerprint density at radius 2 is 1.60 bits per heavy atom. The third-order valence-electron chi connectivity index (χ3n) is 3.00. The van der Waals surface area contributed by atoms with E-state index in [1.54, 1.807) is 0 Å². The summed E-state index contributed by atoms with van der Waals surface area (Å²) in [4.78, 5) is 0. The van der Waals surface area contributed by atoms with Gasteiger partial charge < -0.3 is 4.74 Å². The molecule has 1 heteroatoms. The average molecular weight is 208 g/mol. The molecule has 0 aliphatic carbocycles. The Morgan fingerprint density at radius 1 is 0.933 bits per heavy atom. The highest BCUT2D eigenvalue weighted by molar-refractivity contribution is 4.97. The van der Waals surface area contributed by atoms with Crippen molar-refractivity contribution in [1.82, 2.24) is 0 Å². The first kappa shape index (κ1) is 12.5. The highest BCUT2D eigenvalue weighted by Gasteiger charge is 2.34. The van der Waals surface area contributed by atoms with Gasteiger partial charge in [-0.1, -0.05) is 44.3 Å². The van der Waals surface area contributed by atoms with Crippen LogP contribution in [0.5, 0.6) is 0 Å². The normalized spacial score (nSPS) is 23.7. The summed E-state index contributed by atoms with van der Waals surface area (Å²) in [5, 5.41) is 0. The van der Waals surface area contributed by atoms with Crippen LogP contribution in [0.25, 0.3) is 0 Å². The lowest BCUT2D eigenvalue weighted by Gasteiger charge is -1.99. The summed E-state index contributed by atoms with van der Waals surface area (Å²) in [5.74, 6) is 0. The maximum atomic E-state index is 5.40. The average Bonchev–Trinajstić information content (AvgIpc) is 3.01. The van der Waals surface area contributed by atoms with Crippen molar-refractivity contribution in [1.29, 1.82) is 0 Å². The zero-order chi connectivity index (χ0) is 10.9. The number of ether oxygens (including phenoxy) is 1. The summed E-state index contributed by atoms with van der Waals surface area (Å²) in [6.45, 7) is 7.45. The Morgan fingerprint density at radius 3 is 2.20 bits per heavy atom. The van der Waals surface area contributed by atoms with Gasteiger partial charge in [-0.05, 0) is 19.3 Å². The van der Waals surface area contributed by atoms with Crippen LogP contribution in [0.15, 0.2) is 25.3 Å². The van der Waals surface area contributed by atoms with Crippen LogP contribution in [-0.4, -0.2) is 12.2 Å². The molecule has 0 radical (unpaired) electrons. The number of hydrogen-bond acceptors (Lipinski definition) is 1. The zero-order valence-electron chi connectivity index (χ0n) is 9.79. The van der Waals surface area contributed by atoms with Gasteiger partial charge in [0.2, 0.25) is 0 Å². The standard InChI is InChI=1S/C14H24O/c1-3-5-6-7-8-9-10-11-12-14-13(4-2)15-14/h3-4,13-14H,1-2,5-12H2/t13-,14+/m0/s1. The molecule has 0 saturated carbocycles. The molecule has 0 unspecified atom stereocenters. The molecule has 15 heavy (non-hydrogen) atoms. The van der Waals surface area contributed by atoms with E-state index in [0.717, 1.165) is 0 Å². The van der Waals surface area contributed by atoms with E-state index in [-0.39, 0.29) is 0 Å². The molecule has 0 aromatic heterocycles. The first-order chi connectivity index (χ1) is 7.38. The SMILES string of the molecule is C=CCCCCCCCC[C@H]1O[C@H]1C=C. The Labute approximate surface area is 94.2 Å². The maximum absolute atomic E-state index is 5.40. The molecule has 0 amide bonds. The molecule has 0 bridgehead atoms. The summed E-state index contributed by atoms with van der Waals surface area (Å²) < 4.78 is 5.40. The fourth-order valence-corrected chi connectivity index (χ4v) is 1.94. The van der Waals surface area contributed by atoms with Crippen molar-refractivity contribution >= 4 is 0 Å². The monoisotopic (exact) mass is 208 g/mol. The van der Waals surface area contributed by atoms with E-state index in [9.17, 15) is 0 Å². The van der Waals surface area contributed by atoms with E-state index in [0.29, 0.717) is 12.2 Å². The summed E-state index contributed by atoms with van der Waals surface area (Å²) in [6, 6.07) is 0. The zero-order valence-corrected chi connectivity index (χ0v) is 9.79. The second-order valence-corrected chi connectivity index (χ2v) is 4.36. The van der Waals surface area contributed by atoms with Gasteiger partial charge in [0.25, 0.3) is 0 Å². The fourth-order valence-electron chi connectivity index (χ4n) is 1.94. The van der Waals surface area contributed by atoms with Crippen LogP contribution in [-0.2, 0) is 4.74 Å². The van der Waals surface area contributed by atoms with Gasteiger partial charge in [-0.2, -0.15) is 0 Å². The molecule has 1 aliphatic heterocycles. The van der Waals surface area contributed by atoms with Gasteiger partial charge in [-0.3, -0.25) is 0 Å². The highest BCUT2D eigenvalue weighted by atomic mass is 16.6.